The molecule has 1 atom stereocenters. The quantitative estimate of drug-likeness (QED) is 0.483. The Hall–Kier alpha value is -0.850. The minimum absolute atomic E-state index is 1.08. The zero-order valence-electron chi connectivity index (χ0n) is 6.26. The summed E-state index contributed by atoms with van der Waals surface area (Å²) in [7, 11) is 0. The van der Waals surface area contributed by atoms with Crippen LogP contribution in [-0.2, 0) is 0 Å². The molecule has 0 saturated heterocycles. The summed E-state index contributed by atoms with van der Waals surface area (Å²) in [6.45, 7) is 3.48. The van der Waals surface area contributed by atoms with Gasteiger partial charge in [-0.25, -0.2) is 4.39 Å². The molecule has 10 heavy (non-hydrogen) atoms. The van der Waals surface area contributed by atoms with Crippen LogP contribution in [0.5, 0.6) is 0 Å². The molecule has 0 spiro atoms. The minimum atomic E-state index is -1.27. The molecule has 1 rings (SSSR count). The van der Waals surface area contributed by atoms with Gasteiger partial charge in [-0.3, -0.25) is 0 Å². The van der Waals surface area contributed by atoms with E-state index in [0.717, 1.165) is 5.57 Å². The Kier molecular flexibility index (Phi) is 1.75. The van der Waals surface area contributed by atoms with Crippen molar-refractivity contribution in [3.63, 3.8) is 0 Å². The lowest BCUT2D eigenvalue weighted by molar-refractivity contribution is 0.328. The van der Waals surface area contributed by atoms with Gasteiger partial charge in [0.25, 0.3) is 0 Å². The Morgan fingerprint density at radius 2 is 2.10 bits per heavy atom. The molecule has 0 saturated carbocycles. The van der Waals surface area contributed by atoms with E-state index in [0.29, 0.717) is 0 Å². The van der Waals surface area contributed by atoms with E-state index in [-0.39, 0.29) is 0 Å². The van der Waals surface area contributed by atoms with Crippen LogP contribution >= 0.6 is 0 Å². The summed E-state index contributed by atoms with van der Waals surface area (Å²) < 4.78 is 13.1. The second-order valence-corrected chi connectivity index (χ2v) is 2.75. The largest absolute Gasteiger partial charge is 0.235 e. The first-order chi connectivity index (χ1) is 4.60. The van der Waals surface area contributed by atoms with E-state index in [1.807, 2.05) is 13.0 Å². The van der Waals surface area contributed by atoms with Gasteiger partial charge >= 0.3 is 0 Å². The van der Waals surface area contributed by atoms with Crippen molar-refractivity contribution >= 4 is 0 Å². The van der Waals surface area contributed by atoms with Crippen LogP contribution in [0.2, 0.25) is 0 Å². The van der Waals surface area contributed by atoms with Crippen LogP contribution in [0.3, 0.4) is 0 Å². The van der Waals surface area contributed by atoms with Gasteiger partial charge < -0.3 is 0 Å². The zero-order valence-corrected chi connectivity index (χ0v) is 6.26. The number of rotatable bonds is 0. The molecule has 0 nitrogen and oxygen atoms in total. The molecule has 1 aliphatic carbocycles. The molecule has 1 aliphatic rings. The fraction of sp³-hybridized carbons (Fsp3) is 0.333. The summed E-state index contributed by atoms with van der Waals surface area (Å²) in [5, 5.41) is 0. The maximum Gasteiger partial charge on any atom is 0.145 e. The second kappa shape index (κ2) is 2.41. The Balaban J connectivity index is 2.88. The minimum Gasteiger partial charge on any atom is -0.235 e. The lowest BCUT2D eigenvalue weighted by atomic mass is 10.1. The Labute approximate surface area is 60.7 Å². The number of allylic oxidation sites excluding steroid dienone is 6. The summed E-state index contributed by atoms with van der Waals surface area (Å²) in [5.41, 5.74) is -0.188. The fourth-order valence-corrected chi connectivity index (χ4v) is 0.794. The molecule has 0 amide bonds. The third-order valence-electron chi connectivity index (χ3n) is 1.45. The zero-order chi connectivity index (χ0) is 7.61. The van der Waals surface area contributed by atoms with E-state index in [1.165, 1.54) is 6.92 Å². The molecular formula is C9H11F. The molecule has 0 heterocycles. The third kappa shape index (κ3) is 1.83. The molecule has 0 bridgehead atoms. The van der Waals surface area contributed by atoms with Gasteiger partial charge in [-0.2, -0.15) is 0 Å². The van der Waals surface area contributed by atoms with Crippen molar-refractivity contribution in [1.82, 2.24) is 0 Å². The van der Waals surface area contributed by atoms with Gasteiger partial charge in [-0.05, 0) is 26.0 Å². The molecule has 0 aliphatic heterocycles. The number of alkyl halides is 1. The van der Waals surface area contributed by atoms with Crippen molar-refractivity contribution in [2.24, 2.45) is 0 Å². The van der Waals surface area contributed by atoms with Crippen molar-refractivity contribution in [3.8, 4) is 0 Å². The monoisotopic (exact) mass is 138 g/mol. The van der Waals surface area contributed by atoms with E-state index in [1.54, 1.807) is 24.3 Å². The summed E-state index contributed by atoms with van der Waals surface area (Å²) in [5.74, 6) is 0. The van der Waals surface area contributed by atoms with Crippen molar-refractivity contribution in [3.05, 3.63) is 36.0 Å². The molecule has 0 aromatic heterocycles. The van der Waals surface area contributed by atoms with E-state index < -0.39 is 5.67 Å². The van der Waals surface area contributed by atoms with E-state index >= 15 is 0 Å². The van der Waals surface area contributed by atoms with Crippen molar-refractivity contribution in [2.75, 3.05) is 0 Å². The highest BCUT2D eigenvalue weighted by atomic mass is 19.1. The smallest absolute Gasteiger partial charge is 0.145 e. The van der Waals surface area contributed by atoms with E-state index in [2.05, 4.69) is 0 Å². The van der Waals surface area contributed by atoms with Crippen LogP contribution in [0.15, 0.2) is 36.0 Å². The Morgan fingerprint density at radius 3 is 2.80 bits per heavy atom. The maximum atomic E-state index is 13.1. The number of halogens is 1. The molecule has 0 N–H and O–H groups in total. The lowest BCUT2D eigenvalue weighted by Gasteiger charge is -2.06. The second-order valence-electron chi connectivity index (χ2n) is 2.75. The van der Waals surface area contributed by atoms with Crippen molar-refractivity contribution in [2.45, 2.75) is 19.5 Å². The average molecular weight is 138 g/mol. The number of hydrogen-bond donors (Lipinski definition) is 0. The van der Waals surface area contributed by atoms with Gasteiger partial charge in [0.1, 0.15) is 5.67 Å². The Bertz CT molecular complexity index is 207. The average Bonchev–Trinajstić information content (AvgIpc) is 1.94. The van der Waals surface area contributed by atoms with Gasteiger partial charge in [-0.15, -0.1) is 0 Å². The first-order valence-electron chi connectivity index (χ1n) is 3.34. The van der Waals surface area contributed by atoms with Gasteiger partial charge in [0.15, 0.2) is 0 Å². The molecule has 1 unspecified atom stereocenters. The lowest BCUT2D eigenvalue weighted by Crippen LogP contribution is -2.07. The normalized spacial score (nSPS) is 31.7. The van der Waals surface area contributed by atoms with Crippen LogP contribution in [-0.4, -0.2) is 5.67 Å². The molecular weight excluding hydrogens is 127 g/mol. The molecule has 1 heteroatoms. The van der Waals surface area contributed by atoms with Crippen LogP contribution in [0.4, 0.5) is 4.39 Å². The van der Waals surface area contributed by atoms with Crippen LogP contribution in [0, 0.1) is 0 Å². The van der Waals surface area contributed by atoms with Gasteiger partial charge in [0, 0.05) is 0 Å². The van der Waals surface area contributed by atoms with Crippen LogP contribution < -0.4 is 0 Å². The highest BCUT2D eigenvalue weighted by Gasteiger charge is 2.14. The summed E-state index contributed by atoms with van der Waals surface area (Å²) in [4.78, 5) is 0. The Morgan fingerprint density at radius 1 is 1.40 bits per heavy atom. The van der Waals surface area contributed by atoms with Gasteiger partial charge in [0.05, 0.1) is 0 Å². The fourth-order valence-electron chi connectivity index (χ4n) is 0.794. The highest BCUT2D eigenvalue weighted by molar-refractivity contribution is 5.30. The summed E-state index contributed by atoms with van der Waals surface area (Å²) >= 11 is 0. The molecule has 54 valence electrons. The van der Waals surface area contributed by atoms with Crippen LogP contribution in [0.25, 0.3) is 0 Å². The highest BCUT2D eigenvalue weighted by Crippen LogP contribution is 2.17. The molecule has 0 aromatic carbocycles. The van der Waals surface area contributed by atoms with Crippen LogP contribution in [0.1, 0.15) is 13.8 Å². The van der Waals surface area contributed by atoms with Crippen molar-refractivity contribution in [1.29, 1.82) is 0 Å². The maximum absolute atomic E-state index is 13.1. The van der Waals surface area contributed by atoms with E-state index in [4.69, 9.17) is 0 Å². The predicted molar refractivity (Wildman–Crippen MR) is 41.6 cm³/mol. The molecule has 0 fully saturated rings. The molecule has 0 radical (unpaired) electrons. The standard InChI is InChI=1S/C9H11F/c1-8-4-3-6-9(2,10)7-5-8/h3-7H,1-2H3. The van der Waals surface area contributed by atoms with Gasteiger partial charge in [-0.1, -0.05) is 23.8 Å². The summed E-state index contributed by atoms with van der Waals surface area (Å²) in [6, 6.07) is 0. The predicted octanol–water partition coefficient (Wildman–Crippen LogP) is 2.79. The third-order valence-corrected chi connectivity index (χ3v) is 1.45. The topological polar surface area (TPSA) is 0 Å². The number of hydrogen-bond acceptors (Lipinski definition) is 0. The SMILES string of the molecule is CC1=CC=CC(C)(F)C=C1. The molecule has 0 aromatic rings. The van der Waals surface area contributed by atoms with E-state index in [9.17, 15) is 4.39 Å². The van der Waals surface area contributed by atoms with Crippen molar-refractivity contribution < 1.29 is 4.39 Å². The first-order valence-corrected chi connectivity index (χ1v) is 3.34. The summed E-state index contributed by atoms with van der Waals surface area (Å²) in [6.07, 6.45) is 8.53. The van der Waals surface area contributed by atoms with Gasteiger partial charge in [0.2, 0.25) is 0 Å². The first kappa shape index (κ1) is 7.26.